The highest BCUT2D eigenvalue weighted by Gasteiger charge is 2.14. The van der Waals surface area contributed by atoms with Crippen molar-refractivity contribution in [3.05, 3.63) is 34.2 Å². The van der Waals surface area contributed by atoms with E-state index >= 15 is 0 Å². The van der Waals surface area contributed by atoms with Crippen molar-refractivity contribution in [3.63, 3.8) is 0 Å². The van der Waals surface area contributed by atoms with E-state index in [0.29, 0.717) is 15.9 Å². The molecule has 0 bridgehead atoms. The normalized spacial score (nSPS) is 10.9. The fraction of sp³-hybridized carbons (Fsp3) is 0.308. The zero-order chi connectivity index (χ0) is 12.6. The fourth-order valence-corrected chi connectivity index (χ4v) is 2.15. The molecular formula is C13H14ClFN2. The molecule has 0 atom stereocenters. The molecule has 1 heterocycles. The summed E-state index contributed by atoms with van der Waals surface area (Å²) in [5.74, 6) is -0.341. The molecule has 0 saturated carbocycles. The van der Waals surface area contributed by atoms with Crippen LogP contribution >= 0.6 is 11.6 Å². The molecule has 0 amide bonds. The van der Waals surface area contributed by atoms with Gasteiger partial charge in [-0.3, -0.25) is 0 Å². The number of aromatic nitrogens is 1. The first-order valence-corrected chi connectivity index (χ1v) is 5.92. The molecule has 2 nitrogen and oxygen atoms in total. The SMILES string of the molecule is CCNc1c(C)c(C)nc2c(F)ccc(Cl)c12. The second-order valence-electron chi connectivity index (χ2n) is 3.98. The Morgan fingerprint density at radius 1 is 1.35 bits per heavy atom. The Morgan fingerprint density at radius 2 is 2.06 bits per heavy atom. The average Bonchev–Trinajstić information content (AvgIpc) is 2.30. The molecule has 0 saturated heterocycles. The van der Waals surface area contributed by atoms with Gasteiger partial charge < -0.3 is 5.32 Å². The largest absolute Gasteiger partial charge is 0.384 e. The van der Waals surface area contributed by atoms with Gasteiger partial charge in [-0.25, -0.2) is 9.37 Å². The Balaban J connectivity index is 2.92. The zero-order valence-electron chi connectivity index (χ0n) is 10.1. The van der Waals surface area contributed by atoms with Crippen LogP contribution < -0.4 is 5.32 Å². The van der Waals surface area contributed by atoms with Crippen molar-refractivity contribution in [3.8, 4) is 0 Å². The van der Waals surface area contributed by atoms with Crippen molar-refractivity contribution in [1.29, 1.82) is 0 Å². The van der Waals surface area contributed by atoms with E-state index in [2.05, 4.69) is 10.3 Å². The Kier molecular flexibility index (Phi) is 3.20. The molecule has 1 aromatic heterocycles. The van der Waals surface area contributed by atoms with Crippen molar-refractivity contribution in [1.82, 2.24) is 4.98 Å². The van der Waals surface area contributed by atoms with E-state index in [0.717, 1.165) is 23.5 Å². The molecule has 0 unspecified atom stereocenters. The summed E-state index contributed by atoms with van der Waals surface area (Å²) in [6, 6.07) is 2.92. The summed E-state index contributed by atoms with van der Waals surface area (Å²) in [6.45, 7) is 6.58. The van der Waals surface area contributed by atoms with Gasteiger partial charge >= 0.3 is 0 Å². The number of anilines is 1. The maximum Gasteiger partial charge on any atom is 0.149 e. The number of aryl methyl sites for hydroxylation is 1. The lowest BCUT2D eigenvalue weighted by Crippen LogP contribution is -2.04. The van der Waals surface area contributed by atoms with Gasteiger partial charge in [0.25, 0.3) is 0 Å². The van der Waals surface area contributed by atoms with Gasteiger partial charge in [-0.2, -0.15) is 0 Å². The molecule has 4 heteroatoms. The number of nitrogens with zero attached hydrogens (tertiary/aromatic N) is 1. The van der Waals surface area contributed by atoms with Gasteiger partial charge in [0.2, 0.25) is 0 Å². The van der Waals surface area contributed by atoms with Crippen LogP contribution in [-0.4, -0.2) is 11.5 Å². The molecule has 0 radical (unpaired) electrons. The number of benzene rings is 1. The van der Waals surface area contributed by atoms with E-state index in [1.54, 1.807) is 6.07 Å². The highest BCUT2D eigenvalue weighted by atomic mass is 35.5. The number of hydrogen-bond acceptors (Lipinski definition) is 2. The summed E-state index contributed by atoms with van der Waals surface area (Å²) in [5, 5.41) is 4.42. The summed E-state index contributed by atoms with van der Waals surface area (Å²) >= 11 is 6.15. The Labute approximate surface area is 105 Å². The number of fused-ring (bicyclic) bond motifs is 1. The first-order chi connectivity index (χ1) is 8.06. The molecular weight excluding hydrogens is 239 g/mol. The second-order valence-corrected chi connectivity index (χ2v) is 4.39. The third-order valence-corrected chi connectivity index (χ3v) is 3.19. The van der Waals surface area contributed by atoms with E-state index in [-0.39, 0.29) is 5.82 Å². The first kappa shape index (κ1) is 12.1. The van der Waals surface area contributed by atoms with Crippen LogP contribution in [0.2, 0.25) is 5.02 Å². The molecule has 1 N–H and O–H groups in total. The molecule has 0 aliphatic rings. The quantitative estimate of drug-likeness (QED) is 0.871. The van der Waals surface area contributed by atoms with Gasteiger partial charge in [-0.15, -0.1) is 0 Å². The number of halogens is 2. The molecule has 90 valence electrons. The van der Waals surface area contributed by atoms with Crippen molar-refractivity contribution >= 4 is 28.2 Å². The standard InChI is InChI=1S/C13H14ClFN2/c1-4-16-12-7(2)8(3)17-13-10(15)6-5-9(14)11(12)13/h5-6H,4H2,1-3H3,(H,16,17). The molecule has 0 aliphatic heterocycles. The molecule has 2 aromatic rings. The zero-order valence-corrected chi connectivity index (χ0v) is 10.8. The predicted molar refractivity (Wildman–Crippen MR) is 70.3 cm³/mol. The number of pyridine rings is 1. The molecule has 1 aromatic carbocycles. The summed E-state index contributed by atoms with van der Waals surface area (Å²) < 4.78 is 13.7. The van der Waals surface area contributed by atoms with Crippen molar-refractivity contribution in [2.75, 3.05) is 11.9 Å². The minimum atomic E-state index is -0.341. The first-order valence-electron chi connectivity index (χ1n) is 5.55. The van der Waals surface area contributed by atoms with E-state index in [4.69, 9.17) is 11.6 Å². The lowest BCUT2D eigenvalue weighted by molar-refractivity contribution is 0.636. The topological polar surface area (TPSA) is 24.9 Å². The minimum Gasteiger partial charge on any atom is -0.384 e. The number of nitrogens with one attached hydrogen (secondary N) is 1. The fourth-order valence-electron chi connectivity index (χ4n) is 1.91. The molecule has 0 spiro atoms. The maximum absolute atomic E-state index is 13.7. The summed E-state index contributed by atoms with van der Waals surface area (Å²) in [5.41, 5.74) is 3.03. The Bertz CT molecular complexity index is 581. The van der Waals surface area contributed by atoms with Gasteiger partial charge in [-0.05, 0) is 38.5 Å². The highest BCUT2D eigenvalue weighted by Crippen LogP contribution is 2.34. The van der Waals surface area contributed by atoms with Crippen LogP contribution in [0.1, 0.15) is 18.2 Å². The molecule has 17 heavy (non-hydrogen) atoms. The maximum atomic E-state index is 13.7. The van der Waals surface area contributed by atoms with Crippen LogP contribution in [0, 0.1) is 19.7 Å². The van der Waals surface area contributed by atoms with Crippen molar-refractivity contribution in [2.24, 2.45) is 0 Å². The monoisotopic (exact) mass is 252 g/mol. The number of rotatable bonds is 2. The van der Waals surface area contributed by atoms with Gasteiger partial charge in [-0.1, -0.05) is 11.6 Å². The van der Waals surface area contributed by atoms with E-state index < -0.39 is 0 Å². The van der Waals surface area contributed by atoms with Crippen molar-refractivity contribution in [2.45, 2.75) is 20.8 Å². The van der Waals surface area contributed by atoms with Gasteiger partial charge in [0.05, 0.1) is 5.02 Å². The third kappa shape index (κ3) is 1.95. The predicted octanol–water partition coefficient (Wildman–Crippen LogP) is 4.08. The molecule has 0 fully saturated rings. The Hall–Kier alpha value is -1.35. The van der Waals surface area contributed by atoms with Gasteiger partial charge in [0.1, 0.15) is 11.3 Å². The molecule has 0 aliphatic carbocycles. The van der Waals surface area contributed by atoms with Crippen molar-refractivity contribution < 1.29 is 4.39 Å². The average molecular weight is 253 g/mol. The third-order valence-electron chi connectivity index (χ3n) is 2.88. The van der Waals surface area contributed by atoms with Gasteiger partial charge in [0, 0.05) is 23.3 Å². The van der Waals surface area contributed by atoms with Crippen LogP contribution in [0.5, 0.6) is 0 Å². The Morgan fingerprint density at radius 3 is 2.71 bits per heavy atom. The summed E-state index contributed by atoms with van der Waals surface area (Å²) in [4.78, 5) is 4.28. The minimum absolute atomic E-state index is 0.330. The van der Waals surface area contributed by atoms with Crippen LogP contribution in [-0.2, 0) is 0 Å². The lowest BCUT2D eigenvalue weighted by Gasteiger charge is -2.14. The van der Waals surface area contributed by atoms with Crippen LogP contribution in [0.25, 0.3) is 10.9 Å². The number of hydrogen-bond donors (Lipinski definition) is 1. The smallest absolute Gasteiger partial charge is 0.149 e. The summed E-state index contributed by atoms with van der Waals surface area (Å²) in [6.07, 6.45) is 0. The highest BCUT2D eigenvalue weighted by molar-refractivity contribution is 6.36. The summed E-state index contributed by atoms with van der Waals surface area (Å²) in [7, 11) is 0. The van der Waals surface area contributed by atoms with E-state index in [1.165, 1.54) is 6.07 Å². The van der Waals surface area contributed by atoms with E-state index in [1.807, 2.05) is 20.8 Å². The second kappa shape index (κ2) is 4.49. The van der Waals surface area contributed by atoms with Gasteiger partial charge in [0.15, 0.2) is 0 Å². The van der Waals surface area contributed by atoms with E-state index in [9.17, 15) is 4.39 Å². The molecule has 2 rings (SSSR count). The van der Waals surface area contributed by atoms with Crippen LogP contribution in [0.15, 0.2) is 12.1 Å². The lowest BCUT2D eigenvalue weighted by atomic mass is 10.1. The van der Waals surface area contributed by atoms with Crippen LogP contribution in [0.3, 0.4) is 0 Å². The van der Waals surface area contributed by atoms with Crippen LogP contribution in [0.4, 0.5) is 10.1 Å².